The zero-order chi connectivity index (χ0) is 37.5. The van der Waals surface area contributed by atoms with Gasteiger partial charge in [-0.1, -0.05) is 194 Å². The van der Waals surface area contributed by atoms with Gasteiger partial charge in [-0.3, -0.25) is 9.59 Å². The molecule has 1 unspecified atom stereocenters. The van der Waals surface area contributed by atoms with E-state index in [4.69, 9.17) is 30.6 Å². The number of hydrogen-bond acceptors (Lipinski definition) is 6. The fourth-order valence-corrected chi connectivity index (χ4v) is 5.30. The molecule has 0 radical (unpaired) electrons. The summed E-state index contributed by atoms with van der Waals surface area (Å²) in [6.45, 7) is 5.68. The van der Waals surface area contributed by atoms with E-state index in [-0.39, 0.29) is 19.8 Å². The third-order valence-corrected chi connectivity index (χ3v) is 8.35. The van der Waals surface area contributed by atoms with Crippen LogP contribution in [0.4, 0.5) is 0 Å². The maximum Gasteiger partial charge on any atom is 0.303 e. The summed E-state index contributed by atoms with van der Waals surface area (Å²) in [5, 5.41) is 48.3. The summed E-state index contributed by atoms with van der Waals surface area (Å²) >= 11 is 0. The van der Waals surface area contributed by atoms with Gasteiger partial charge in [-0.25, -0.2) is 0 Å². The first-order valence-electron chi connectivity index (χ1n) is 20.7. The molecule has 0 saturated heterocycles. The minimum absolute atomic E-state index is 0.125. The van der Waals surface area contributed by atoms with Crippen LogP contribution in [0.25, 0.3) is 0 Å². The van der Waals surface area contributed by atoms with Crippen molar-refractivity contribution in [1.29, 1.82) is 0 Å². The molecule has 0 amide bonds. The molecule has 0 aliphatic rings. The summed E-state index contributed by atoms with van der Waals surface area (Å²) < 4.78 is 0. The standard InChI is InChI=1S/2C18H36O2.C3H8O2.C2H6O2/c2*1-2-3-4-5-6-7-8-9-10-11-12-13-14-15-16-17-18(19)20;1-3(5)2-4;3-1-2-4/h2*2-17H2,1H3,(H,19,20);3-5H,2H2,1H3;3-4H,1-2H2. The van der Waals surface area contributed by atoms with Gasteiger partial charge in [-0.05, 0) is 19.8 Å². The van der Waals surface area contributed by atoms with Crippen LogP contribution in [0.1, 0.15) is 226 Å². The number of carboxylic acids is 2. The molecule has 0 spiro atoms. The second-order valence-electron chi connectivity index (χ2n) is 13.7. The lowest BCUT2D eigenvalue weighted by molar-refractivity contribution is -0.138. The van der Waals surface area contributed by atoms with E-state index in [1.54, 1.807) is 0 Å². The van der Waals surface area contributed by atoms with Crippen molar-refractivity contribution in [3.8, 4) is 0 Å². The average Bonchev–Trinajstić information content (AvgIpc) is 3.08. The fraction of sp³-hybridized carbons (Fsp3) is 0.951. The Morgan fingerprint density at radius 1 is 0.388 bits per heavy atom. The third kappa shape index (κ3) is 73.3. The molecule has 1 atom stereocenters. The zero-order valence-corrected chi connectivity index (χ0v) is 32.8. The molecule has 0 rings (SSSR count). The monoisotopic (exact) mass is 707 g/mol. The summed E-state index contributed by atoms with van der Waals surface area (Å²) in [5.41, 5.74) is 0. The van der Waals surface area contributed by atoms with Gasteiger partial charge in [-0.15, -0.1) is 0 Å². The maximum atomic E-state index is 10.3. The number of rotatable bonds is 34. The van der Waals surface area contributed by atoms with Crippen molar-refractivity contribution in [3.63, 3.8) is 0 Å². The highest BCUT2D eigenvalue weighted by atomic mass is 16.4. The Balaban J connectivity index is -0.000000330. The average molecular weight is 707 g/mol. The fourth-order valence-electron chi connectivity index (χ4n) is 5.30. The van der Waals surface area contributed by atoms with E-state index in [1.807, 2.05) is 0 Å². The number of aliphatic carboxylic acids is 2. The molecule has 0 fully saturated rings. The Labute approximate surface area is 303 Å². The van der Waals surface area contributed by atoms with E-state index in [9.17, 15) is 9.59 Å². The predicted octanol–water partition coefficient (Wildman–Crippen LogP) is 11.0. The molecule has 0 heterocycles. The molecule has 0 aromatic rings. The predicted molar refractivity (Wildman–Crippen MR) is 207 cm³/mol. The first-order chi connectivity index (χ1) is 23.7. The molecule has 8 nitrogen and oxygen atoms in total. The SMILES string of the molecule is CC(O)CO.CCCCCCCCCCCCCCCCCC(=O)O.CCCCCCCCCCCCCCCCCC(=O)O.OCCO. The molecule has 298 valence electrons. The number of hydrogen-bond donors (Lipinski definition) is 6. The zero-order valence-electron chi connectivity index (χ0n) is 32.8. The lowest BCUT2D eigenvalue weighted by atomic mass is 10.0. The van der Waals surface area contributed by atoms with Gasteiger partial charge in [0.05, 0.1) is 25.9 Å². The van der Waals surface area contributed by atoms with E-state index in [1.165, 1.54) is 174 Å². The van der Waals surface area contributed by atoms with Crippen molar-refractivity contribution in [2.24, 2.45) is 0 Å². The van der Waals surface area contributed by atoms with Crippen LogP contribution in [-0.4, -0.2) is 68.5 Å². The summed E-state index contributed by atoms with van der Waals surface area (Å²) in [4.78, 5) is 20.7. The summed E-state index contributed by atoms with van der Waals surface area (Å²) in [5.74, 6) is -1.31. The van der Waals surface area contributed by atoms with Crippen molar-refractivity contribution in [1.82, 2.24) is 0 Å². The van der Waals surface area contributed by atoms with Gasteiger partial charge >= 0.3 is 11.9 Å². The molecule has 0 aromatic carbocycles. The lowest BCUT2D eigenvalue weighted by Gasteiger charge is -2.03. The molecular weight excluding hydrogens is 620 g/mol. The van der Waals surface area contributed by atoms with Crippen molar-refractivity contribution >= 4 is 11.9 Å². The molecule has 0 aliphatic carbocycles. The Morgan fingerprint density at radius 3 is 0.673 bits per heavy atom. The summed E-state index contributed by atoms with van der Waals surface area (Å²) in [7, 11) is 0. The van der Waals surface area contributed by atoms with Gasteiger partial charge in [0.2, 0.25) is 0 Å². The first-order valence-corrected chi connectivity index (χ1v) is 20.7. The van der Waals surface area contributed by atoms with Crippen LogP contribution >= 0.6 is 0 Å². The normalized spacial score (nSPS) is 11.0. The van der Waals surface area contributed by atoms with Crippen LogP contribution in [-0.2, 0) is 9.59 Å². The quantitative estimate of drug-likeness (QED) is 0.0361. The van der Waals surface area contributed by atoms with Crippen LogP contribution in [0.5, 0.6) is 0 Å². The van der Waals surface area contributed by atoms with Gasteiger partial charge in [0.25, 0.3) is 0 Å². The van der Waals surface area contributed by atoms with E-state index >= 15 is 0 Å². The second kappa shape index (κ2) is 53.6. The topological polar surface area (TPSA) is 156 Å². The van der Waals surface area contributed by atoms with E-state index < -0.39 is 18.0 Å². The van der Waals surface area contributed by atoms with Crippen LogP contribution in [0, 0.1) is 0 Å². The molecule has 0 aliphatic heterocycles. The Kier molecular flexibility index (Phi) is 59.6. The minimum Gasteiger partial charge on any atom is -0.481 e. The maximum absolute atomic E-state index is 10.3. The molecule has 6 N–H and O–H groups in total. The van der Waals surface area contributed by atoms with Crippen LogP contribution in [0.2, 0.25) is 0 Å². The van der Waals surface area contributed by atoms with E-state index in [2.05, 4.69) is 13.8 Å². The highest BCUT2D eigenvalue weighted by molar-refractivity contribution is 5.66. The lowest BCUT2D eigenvalue weighted by Crippen LogP contribution is -2.03. The smallest absolute Gasteiger partial charge is 0.303 e. The molecule has 0 saturated carbocycles. The van der Waals surface area contributed by atoms with Crippen molar-refractivity contribution in [3.05, 3.63) is 0 Å². The van der Waals surface area contributed by atoms with Gasteiger partial charge < -0.3 is 30.6 Å². The van der Waals surface area contributed by atoms with Gasteiger partial charge in [-0.2, -0.15) is 0 Å². The van der Waals surface area contributed by atoms with Crippen LogP contribution < -0.4 is 0 Å². The molecule has 0 aromatic heterocycles. The Hall–Kier alpha value is -1.22. The van der Waals surface area contributed by atoms with Gasteiger partial charge in [0, 0.05) is 12.8 Å². The first kappa shape index (κ1) is 54.6. The largest absolute Gasteiger partial charge is 0.481 e. The third-order valence-electron chi connectivity index (χ3n) is 8.35. The van der Waals surface area contributed by atoms with E-state index in [0.717, 1.165) is 25.7 Å². The molecular formula is C41H86O8. The van der Waals surface area contributed by atoms with E-state index in [0.29, 0.717) is 12.8 Å². The van der Waals surface area contributed by atoms with Crippen LogP contribution in [0.15, 0.2) is 0 Å². The number of unbranched alkanes of at least 4 members (excludes halogenated alkanes) is 28. The van der Waals surface area contributed by atoms with Gasteiger partial charge in [0.1, 0.15) is 0 Å². The van der Waals surface area contributed by atoms with Crippen molar-refractivity contribution in [2.45, 2.75) is 232 Å². The molecule has 49 heavy (non-hydrogen) atoms. The minimum atomic E-state index is -0.653. The Bertz CT molecular complexity index is 540. The van der Waals surface area contributed by atoms with Gasteiger partial charge in [0.15, 0.2) is 0 Å². The molecule has 8 heteroatoms. The number of aliphatic hydroxyl groups excluding tert-OH is 4. The summed E-state index contributed by atoms with van der Waals surface area (Å²) in [6, 6.07) is 0. The Morgan fingerprint density at radius 2 is 0.551 bits per heavy atom. The van der Waals surface area contributed by atoms with Crippen molar-refractivity contribution in [2.75, 3.05) is 19.8 Å². The number of carboxylic acid groups (broad SMARTS) is 2. The van der Waals surface area contributed by atoms with Crippen molar-refractivity contribution < 1.29 is 40.2 Å². The molecule has 0 bridgehead atoms. The highest BCUT2D eigenvalue weighted by Gasteiger charge is 1.98. The highest BCUT2D eigenvalue weighted by Crippen LogP contribution is 2.15. The second-order valence-corrected chi connectivity index (χ2v) is 13.7. The number of aliphatic hydroxyl groups is 4. The number of carbonyl (C=O) groups is 2. The summed E-state index contributed by atoms with van der Waals surface area (Å²) in [6.07, 6.45) is 39.8. The van der Waals surface area contributed by atoms with Crippen LogP contribution in [0.3, 0.4) is 0 Å².